The van der Waals surface area contributed by atoms with E-state index in [0.717, 1.165) is 51.4 Å². The lowest BCUT2D eigenvalue weighted by Gasteiger charge is -2.22. The Morgan fingerprint density at radius 2 is 1.49 bits per heavy atom. The fourth-order valence-corrected chi connectivity index (χ4v) is 5.31. The molecule has 0 heterocycles. The molecule has 0 spiro atoms. The van der Waals surface area contributed by atoms with Crippen LogP contribution >= 0.6 is 0 Å². The number of allylic oxidation sites excluding steroid dienone is 4. The Labute approximate surface area is 239 Å². The summed E-state index contributed by atoms with van der Waals surface area (Å²) in [6, 6.07) is 0. The van der Waals surface area contributed by atoms with Gasteiger partial charge in [0.05, 0.1) is 12.2 Å². The van der Waals surface area contributed by atoms with Crippen molar-refractivity contribution in [2.24, 2.45) is 11.8 Å². The van der Waals surface area contributed by atoms with Crippen LogP contribution in [0, 0.1) is 11.8 Å². The van der Waals surface area contributed by atoms with Crippen molar-refractivity contribution in [1.29, 1.82) is 0 Å². The largest absolute Gasteiger partial charge is 0.463 e. The van der Waals surface area contributed by atoms with E-state index < -0.39 is 6.10 Å². The predicted molar refractivity (Wildman–Crippen MR) is 161 cm³/mol. The lowest BCUT2D eigenvalue weighted by atomic mass is 9.89. The maximum atomic E-state index is 12.7. The number of carbonyl (C=O) groups excluding carboxylic acids is 2. The molecule has 0 amide bonds. The average Bonchev–Trinajstić information content (AvgIpc) is 3.17. The lowest BCUT2D eigenvalue weighted by molar-refractivity contribution is -0.151. The Morgan fingerprint density at radius 1 is 0.846 bits per heavy atom. The Morgan fingerprint density at radius 3 is 2.21 bits per heavy atom. The summed E-state index contributed by atoms with van der Waals surface area (Å²) < 4.78 is 11.1. The van der Waals surface area contributed by atoms with Gasteiger partial charge in [0.15, 0.2) is 0 Å². The third-order valence-corrected chi connectivity index (χ3v) is 7.49. The molecule has 1 fully saturated rings. The molecule has 1 aliphatic carbocycles. The SMILES string of the molecule is C=CCCCCCCCCC(=O)O[C@H]1C[C@@H](O)[C@H](/C=C/CCCCCC)[C@H]1C/C=C\CCCC(=O)OC(C)C. The van der Waals surface area contributed by atoms with Crippen molar-refractivity contribution >= 4 is 11.9 Å². The second-order valence-corrected chi connectivity index (χ2v) is 11.4. The second kappa shape index (κ2) is 22.9. The molecule has 1 aliphatic rings. The van der Waals surface area contributed by atoms with Crippen LogP contribution < -0.4 is 0 Å². The van der Waals surface area contributed by atoms with E-state index in [2.05, 4.69) is 37.8 Å². The van der Waals surface area contributed by atoms with Gasteiger partial charge in [0.2, 0.25) is 0 Å². The highest BCUT2D eigenvalue weighted by Gasteiger charge is 2.42. The second-order valence-electron chi connectivity index (χ2n) is 11.4. The van der Waals surface area contributed by atoms with Gasteiger partial charge < -0.3 is 14.6 Å². The van der Waals surface area contributed by atoms with Gasteiger partial charge in [-0.15, -0.1) is 6.58 Å². The van der Waals surface area contributed by atoms with E-state index in [4.69, 9.17) is 9.47 Å². The molecule has 1 saturated carbocycles. The monoisotopic (exact) mass is 546 g/mol. The van der Waals surface area contributed by atoms with E-state index in [9.17, 15) is 14.7 Å². The van der Waals surface area contributed by atoms with Gasteiger partial charge in [-0.05, 0) is 65.2 Å². The van der Waals surface area contributed by atoms with Gasteiger partial charge in [0, 0.05) is 31.1 Å². The molecule has 0 aliphatic heterocycles. The molecule has 0 saturated heterocycles. The van der Waals surface area contributed by atoms with Crippen LogP contribution in [0.2, 0.25) is 0 Å². The highest BCUT2D eigenvalue weighted by atomic mass is 16.5. The molecule has 39 heavy (non-hydrogen) atoms. The molecule has 0 aromatic carbocycles. The minimum atomic E-state index is -0.491. The van der Waals surface area contributed by atoms with Crippen molar-refractivity contribution in [3.8, 4) is 0 Å². The average molecular weight is 547 g/mol. The van der Waals surface area contributed by atoms with Gasteiger partial charge in [0.1, 0.15) is 6.10 Å². The molecule has 0 radical (unpaired) electrons. The number of aliphatic hydroxyl groups is 1. The van der Waals surface area contributed by atoms with Gasteiger partial charge in [-0.3, -0.25) is 9.59 Å². The molecule has 5 nitrogen and oxygen atoms in total. The fourth-order valence-electron chi connectivity index (χ4n) is 5.31. The number of aliphatic hydroxyl groups excluding tert-OH is 1. The van der Waals surface area contributed by atoms with Crippen molar-refractivity contribution in [3.63, 3.8) is 0 Å². The molecule has 0 bridgehead atoms. The van der Waals surface area contributed by atoms with Crippen molar-refractivity contribution in [2.75, 3.05) is 0 Å². The summed E-state index contributed by atoms with van der Waals surface area (Å²) >= 11 is 0. The van der Waals surface area contributed by atoms with Gasteiger partial charge in [-0.2, -0.15) is 0 Å². The number of carbonyl (C=O) groups is 2. The quantitative estimate of drug-likeness (QED) is 0.0787. The van der Waals surface area contributed by atoms with Gasteiger partial charge in [-0.25, -0.2) is 0 Å². The van der Waals surface area contributed by atoms with E-state index in [1.165, 1.54) is 44.9 Å². The third-order valence-electron chi connectivity index (χ3n) is 7.49. The molecule has 1 rings (SSSR count). The lowest BCUT2D eigenvalue weighted by Crippen LogP contribution is -2.25. The number of esters is 2. The van der Waals surface area contributed by atoms with Crippen molar-refractivity contribution in [2.45, 2.75) is 155 Å². The zero-order valence-electron chi connectivity index (χ0n) is 25.3. The van der Waals surface area contributed by atoms with E-state index in [-0.39, 0.29) is 36.0 Å². The van der Waals surface area contributed by atoms with Crippen LogP contribution in [0.3, 0.4) is 0 Å². The first-order valence-corrected chi connectivity index (χ1v) is 15.9. The number of rotatable bonds is 23. The normalized spacial score (nSPS) is 21.3. The molecular formula is C34H58O5. The summed E-state index contributed by atoms with van der Waals surface area (Å²) in [7, 11) is 0. The highest BCUT2D eigenvalue weighted by Crippen LogP contribution is 2.38. The smallest absolute Gasteiger partial charge is 0.306 e. The van der Waals surface area contributed by atoms with Crippen LogP contribution in [0.4, 0.5) is 0 Å². The summed E-state index contributed by atoms with van der Waals surface area (Å²) in [4.78, 5) is 24.4. The van der Waals surface area contributed by atoms with Crippen molar-refractivity contribution in [1.82, 2.24) is 0 Å². The first kappa shape index (κ1) is 35.1. The topological polar surface area (TPSA) is 72.8 Å². The Bertz CT molecular complexity index is 710. The molecule has 5 heteroatoms. The molecule has 224 valence electrons. The summed E-state index contributed by atoms with van der Waals surface area (Å²) in [5, 5.41) is 10.9. The Balaban J connectivity index is 2.57. The van der Waals surface area contributed by atoms with Crippen LogP contribution in [0.15, 0.2) is 37.0 Å². The summed E-state index contributed by atoms with van der Waals surface area (Å²) in [6.07, 6.45) is 27.1. The van der Waals surface area contributed by atoms with Crippen molar-refractivity contribution < 1.29 is 24.2 Å². The number of hydrogen-bond acceptors (Lipinski definition) is 5. The highest BCUT2D eigenvalue weighted by molar-refractivity contribution is 5.69. The maximum absolute atomic E-state index is 12.7. The van der Waals surface area contributed by atoms with Crippen LogP contribution in [0.25, 0.3) is 0 Å². The predicted octanol–water partition coefficient (Wildman–Crippen LogP) is 8.80. The van der Waals surface area contributed by atoms with Crippen LogP contribution in [0.5, 0.6) is 0 Å². The summed E-state index contributed by atoms with van der Waals surface area (Å²) in [5.41, 5.74) is 0. The van der Waals surface area contributed by atoms with Gasteiger partial charge >= 0.3 is 11.9 Å². The standard InChI is InChI=1S/C34H58O5/c1-5-7-9-11-13-14-16-21-26-34(37)39-32-27-31(35)29(23-19-15-12-10-8-6-2)30(32)24-20-17-18-22-25-33(36)38-28(3)4/h5,17,19-20,23,28-32,35H,1,6-16,18,21-22,24-27H2,2-4H3/b20-17-,23-19+/t29-,30-,31-,32+/m1/s1. The zero-order chi connectivity index (χ0) is 28.7. The summed E-state index contributed by atoms with van der Waals surface area (Å²) in [6.45, 7) is 9.70. The third kappa shape index (κ3) is 17.4. The fraction of sp³-hybridized carbons (Fsp3) is 0.765. The zero-order valence-corrected chi connectivity index (χ0v) is 25.3. The Kier molecular flexibility index (Phi) is 20.6. The van der Waals surface area contributed by atoms with Gasteiger partial charge in [0.25, 0.3) is 0 Å². The van der Waals surface area contributed by atoms with Crippen LogP contribution in [-0.4, -0.2) is 35.4 Å². The Hall–Kier alpha value is -1.88. The van der Waals surface area contributed by atoms with Crippen LogP contribution in [0.1, 0.15) is 136 Å². The van der Waals surface area contributed by atoms with E-state index >= 15 is 0 Å². The minimum Gasteiger partial charge on any atom is -0.463 e. The molecule has 4 atom stereocenters. The first-order chi connectivity index (χ1) is 18.9. The van der Waals surface area contributed by atoms with Gasteiger partial charge in [-0.1, -0.05) is 82.2 Å². The van der Waals surface area contributed by atoms with Crippen LogP contribution in [-0.2, 0) is 19.1 Å². The van der Waals surface area contributed by atoms with E-state index in [1.54, 1.807) is 0 Å². The number of ether oxygens (including phenoxy) is 2. The number of unbranched alkanes of at least 4 members (excludes halogenated alkanes) is 11. The molecule has 0 unspecified atom stereocenters. The minimum absolute atomic E-state index is 0.00443. The molecule has 0 aromatic rings. The first-order valence-electron chi connectivity index (χ1n) is 15.9. The maximum Gasteiger partial charge on any atom is 0.306 e. The van der Waals surface area contributed by atoms with Crippen molar-refractivity contribution in [3.05, 3.63) is 37.0 Å². The van der Waals surface area contributed by atoms with E-state index in [0.29, 0.717) is 19.3 Å². The molecular weight excluding hydrogens is 488 g/mol. The molecule has 1 N–H and O–H groups in total. The van der Waals surface area contributed by atoms with E-state index in [1.807, 2.05) is 19.9 Å². The molecule has 0 aromatic heterocycles. The number of hydrogen-bond donors (Lipinski definition) is 1. The summed E-state index contributed by atoms with van der Waals surface area (Å²) in [5.74, 6) is -0.222.